The highest BCUT2D eigenvalue weighted by Gasteiger charge is 2.26. The zero-order valence-electron chi connectivity index (χ0n) is 15.2. The van der Waals surface area contributed by atoms with Crippen molar-refractivity contribution in [2.75, 3.05) is 39.3 Å². The van der Waals surface area contributed by atoms with Crippen LogP contribution in [0.3, 0.4) is 0 Å². The zero-order chi connectivity index (χ0) is 17.8. The van der Waals surface area contributed by atoms with Crippen molar-refractivity contribution in [3.63, 3.8) is 0 Å². The fourth-order valence-corrected chi connectivity index (χ4v) is 3.25. The number of carbonyl (C=O) groups excluding carboxylic acids is 1. The van der Waals surface area contributed by atoms with E-state index < -0.39 is 0 Å². The third kappa shape index (κ3) is 4.04. The summed E-state index contributed by atoms with van der Waals surface area (Å²) in [6, 6.07) is 9.86. The molecule has 1 saturated heterocycles. The van der Waals surface area contributed by atoms with Gasteiger partial charge in [0.25, 0.3) is 5.91 Å². The van der Waals surface area contributed by atoms with Gasteiger partial charge in [-0.1, -0.05) is 18.2 Å². The van der Waals surface area contributed by atoms with Gasteiger partial charge in [0.05, 0.1) is 5.56 Å². The Kier molecular flexibility index (Phi) is 5.43. The van der Waals surface area contributed by atoms with Crippen molar-refractivity contribution in [3.8, 4) is 5.75 Å². The maximum atomic E-state index is 12.8. The van der Waals surface area contributed by atoms with Gasteiger partial charge in [-0.3, -0.25) is 9.69 Å². The average molecular weight is 342 g/mol. The van der Waals surface area contributed by atoms with Gasteiger partial charge in [-0.2, -0.15) is 0 Å². The highest BCUT2D eigenvalue weighted by molar-refractivity contribution is 5.97. The van der Waals surface area contributed by atoms with Crippen LogP contribution in [-0.2, 0) is 0 Å². The van der Waals surface area contributed by atoms with Crippen LogP contribution in [0.15, 0.2) is 34.7 Å². The second-order valence-corrected chi connectivity index (χ2v) is 6.51. The van der Waals surface area contributed by atoms with Crippen LogP contribution in [0.25, 0.3) is 0 Å². The van der Waals surface area contributed by atoms with Gasteiger partial charge in [-0.15, -0.1) is 0 Å². The van der Waals surface area contributed by atoms with Crippen molar-refractivity contribution < 1.29 is 13.9 Å². The maximum absolute atomic E-state index is 12.8. The maximum Gasteiger partial charge on any atom is 0.257 e. The Morgan fingerprint density at radius 3 is 2.32 bits per heavy atom. The third-order valence-electron chi connectivity index (χ3n) is 4.85. The molecule has 1 aliphatic rings. The molecule has 1 aliphatic heterocycles. The van der Waals surface area contributed by atoms with Gasteiger partial charge in [-0.05, 0) is 32.9 Å². The van der Waals surface area contributed by atoms with Gasteiger partial charge in [0, 0.05) is 38.3 Å². The Hall–Kier alpha value is -2.27. The van der Waals surface area contributed by atoms with E-state index in [0.29, 0.717) is 6.61 Å². The van der Waals surface area contributed by atoms with Crippen LogP contribution in [0.5, 0.6) is 5.75 Å². The summed E-state index contributed by atoms with van der Waals surface area (Å²) >= 11 is 0. The molecule has 0 spiro atoms. The first-order chi connectivity index (χ1) is 12.1. The minimum absolute atomic E-state index is 0.0898. The van der Waals surface area contributed by atoms with E-state index in [1.807, 2.05) is 56.0 Å². The molecule has 25 heavy (non-hydrogen) atoms. The molecule has 5 nitrogen and oxygen atoms in total. The van der Waals surface area contributed by atoms with Crippen molar-refractivity contribution in [2.24, 2.45) is 0 Å². The Morgan fingerprint density at radius 2 is 1.72 bits per heavy atom. The average Bonchev–Trinajstić information content (AvgIpc) is 2.88. The molecule has 1 fully saturated rings. The summed E-state index contributed by atoms with van der Waals surface area (Å²) in [5.41, 5.74) is 1.69. The minimum atomic E-state index is 0.0898. The van der Waals surface area contributed by atoms with E-state index in [2.05, 4.69) is 4.90 Å². The summed E-state index contributed by atoms with van der Waals surface area (Å²) < 4.78 is 11.4. The SMILES string of the molecule is Cc1oc(C)c(C(=O)N2CCN(CCOc3ccccc3)CC2)c1C. The lowest BCUT2D eigenvalue weighted by Crippen LogP contribution is -2.49. The molecule has 5 heteroatoms. The number of benzene rings is 1. The predicted molar refractivity (Wildman–Crippen MR) is 97.2 cm³/mol. The van der Waals surface area contributed by atoms with E-state index in [9.17, 15) is 4.79 Å². The Labute approximate surface area is 149 Å². The monoisotopic (exact) mass is 342 g/mol. The van der Waals surface area contributed by atoms with E-state index >= 15 is 0 Å². The van der Waals surface area contributed by atoms with Gasteiger partial charge in [0.15, 0.2) is 0 Å². The molecule has 134 valence electrons. The van der Waals surface area contributed by atoms with Crippen molar-refractivity contribution in [1.82, 2.24) is 9.80 Å². The lowest BCUT2D eigenvalue weighted by atomic mass is 10.1. The second-order valence-electron chi connectivity index (χ2n) is 6.51. The molecular formula is C20H26N2O3. The number of hydrogen-bond donors (Lipinski definition) is 0. The van der Waals surface area contributed by atoms with E-state index in [0.717, 1.165) is 61.1 Å². The molecule has 1 amide bonds. The van der Waals surface area contributed by atoms with Crippen LogP contribution < -0.4 is 4.74 Å². The molecule has 2 heterocycles. The largest absolute Gasteiger partial charge is 0.492 e. The lowest BCUT2D eigenvalue weighted by molar-refractivity contribution is 0.0618. The van der Waals surface area contributed by atoms with Crippen LogP contribution >= 0.6 is 0 Å². The fraction of sp³-hybridized carbons (Fsp3) is 0.450. The highest BCUT2D eigenvalue weighted by Crippen LogP contribution is 2.23. The first kappa shape index (κ1) is 17.5. The summed E-state index contributed by atoms with van der Waals surface area (Å²) in [5.74, 6) is 2.54. The summed E-state index contributed by atoms with van der Waals surface area (Å²) in [6.07, 6.45) is 0. The number of furan rings is 1. The smallest absolute Gasteiger partial charge is 0.257 e. The van der Waals surface area contributed by atoms with Crippen LogP contribution in [-0.4, -0.2) is 55.0 Å². The molecule has 0 unspecified atom stereocenters. The molecule has 0 N–H and O–H groups in total. The third-order valence-corrected chi connectivity index (χ3v) is 4.85. The summed E-state index contributed by atoms with van der Waals surface area (Å²) in [7, 11) is 0. The van der Waals surface area contributed by atoms with Gasteiger partial charge in [-0.25, -0.2) is 0 Å². The predicted octanol–water partition coefficient (Wildman–Crippen LogP) is 3.04. The number of amides is 1. The van der Waals surface area contributed by atoms with Crippen molar-refractivity contribution >= 4 is 5.91 Å². The van der Waals surface area contributed by atoms with Gasteiger partial charge < -0.3 is 14.1 Å². The number of aryl methyl sites for hydroxylation is 2. The normalized spacial score (nSPS) is 15.4. The second kappa shape index (κ2) is 7.74. The van der Waals surface area contributed by atoms with Crippen molar-refractivity contribution in [2.45, 2.75) is 20.8 Å². The van der Waals surface area contributed by atoms with Crippen molar-refractivity contribution in [1.29, 1.82) is 0 Å². The molecule has 0 bridgehead atoms. The van der Waals surface area contributed by atoms with E-state index in [1.54, 1.807) is 0 Å². The number of carbonyl (C=O) groups is 1. The van der Waals surface area contributed by atoms with E-state index in [1.165, 1.54) is 0 Å². The molecule has 2 aromatic rings. The van der Waals surface area contributed by atoms with Gasteiger partial charge in [0.1, 0.15) is 23.9 Å². The fourth-order valence-electron chi connectivity index (χ4n) is 3.25. The van der Waals surface area contributed by atoms with Crippen molar-refractivity contribution in [3.05, 3.63) is 53.0 Å². The molecule has 0 atom stereocenters. The Morgan fingerprint density at radius 1 is 1.04 bits per heavy atom. The number of nitrogens with zero attached hydrogens (tertiary/aromatic N) is 2. The van der Waals surface area contributed by atoms with Crippen LogP contribution in [0.2, 0.25) is 0 Å². The molecule has 0 aliphatic carbocycles. The Balaban J connectivity index is 1.47. The van der Waals surface area contributed by atoms with E-state index in [4.69, 9.17) is 9.15 Å². The summed E-state index contributed by atoms with van der Waals surface area (Å²) in [4.78, 5) is 17.1. The molecule has 0 saturated carbocycles. The van der Waals surface area contributed by atoms with Crippen LogP contribution in [0.1, 0.15) is 27.4 Å². The zero-order valence-corrected chi connectivity index (χ0v) is 15.2. The lowest BCUT2D eigenvalue weighted by Gasteiger charge is -2.34. The number of hydrogen-bond acceptors (Lipinski definition) is 4. The Bertz CT molecular complexity index is 716. The molecule has 1 aromatic heterocycles. The van der Waals surface area contributed by atoms with E-state index in [-0.39, 0.29) is 5.91 Å². The molecule has 0 radical (unpaired) electrons. The first-order valence-corrected chi connectivity index (χ1v) is 8.82. The summed E-state index contributed by atoms with van der Waals surface area (Å²) in [5, 5.41) is 0. The topological polar surface area (TPSA) is 45.9 Å². The number of ether oxygens (including phenoxy) is 1. The first-order valence-electron chi connectivity index (χ1n) is 8.82. The van der Waals surface area contributed by atoms with Crippen LogP contribution in [0, 0.1) is 20.8 Å². The molecule has 3 rings (SSSR count). The number of para-hydroxylation sites is 1. The quantitative estimate of drug-likeness (QED) is 0.838. The number of piperazine rings is 1. The highest BCUT2D eigenvalue weighted by atomic mass is 16.5. The van der Waals surface area contributed by atoms with Gasteiger partial charge >= 0.3 is 0 Å². The summed E-state index contributed by atoms with van der Waals surface area (Å²) in [6.45, 7) is 10.5. The molecule has 1 aromatic carbocycles. The van der Waals surface area contributed by atoms with Crippen LogP contribution in [0.4, 0.5) is 0 Å². The van der Waals surface area contributed by atoms with Gasteiger partial charge in [0.2, 0.25) is 0 Å². The number of rotatable bonds is 5. The molecular weight excluding hydrogens is 316 g/mol. The standard InChI is InChI=1S/C20H26N2O3/c1-15-16(2)25-17(3)19(15)20(23)22-11-9-21(10-12-22)13-14-24-18-7-5-4-6-8-18/h4-8H,9-14H2,1-3H3. The minimum Gasteiger partial charge on any atom is -0.492 e.